The molecule has 0 radical (unpaired) electrons. The summed E-state index contributed by atoms with van der Waals surface area (Å²) in [4.78, 5) is 0. The Labute approximate surface area is 97.8 Å². The molecule has 0 fully saturated rings. The van der Waals surface area contributed by atoms with Gasteiger partial charge in [-0.25, -0.2) is 0 Å². The smallest absolute Gasteiger partial charge is 0.0788 e. The van der Waals surface area contributed by atoms with Crippen LogP contribution >= 0.6 is 15.9 Å². The summed E-state index contributed by atoms with van der Waals surface area (Å²) in [6.45, 7) is 0. The summed E-state index contributed by atoms with van der Waals surface area (Å²) < 4.78 is 1.04. The van der Waals surface area contributed by atoms with Gasteiger partial charge in [0.2, 0.25) is 0 Å². The van der Waals surface area contributed by atoms with E-state index >= 15 is 0 Å². The second kappa shape index (κ2) is 3.93. The van der Waals surface area contributed by atoms with Gasteiger partial charge in [0.25, 0.3) is 0 Å². The minimum atomic E-state index is -0.588. The van der Waals surface area contributed by atoms with Crippen molar-refractivity contribution in [2.45, 2.75) is 11.6 Å². The number of halogens is 1. The summed E-state index contributed by atoms with van der Waals surface area (Å²) in [5.74, 6) is 0. The molecule has 78 valence electrons. The van der Waals surface area contributed by atoms with Gasteiger partial charge >= 0.3 is 0 Å². The third-order valence-electron chi connectivity index (χ3n) is 2.70. The Morgan fingerprint density at radius 3 is 2.40 bits per heavy atom. The van der Waals surface area contributed by atoms with Crippen LogP contribution < -0.4 is 11.5 Å². The van der Waals surface area contributed by atoms with Gasteiger partial charge < -0.3 is 11.5 Å². The Bertz CT molecular complexity index is 408. The number of hydrogen-bond donors (Lipinski definition) is 2. The van der Waals surface area contributed by atoms with Gasteiger partial charge in [0.15, 0.2) is 0 Å². The van der Waals surface area contributed by atoms with Crippen LogP contribution in [0, 0.1) is 0 Å². The quantitative estimate of drug-likeness (QED) is 0.816. The van der Waals surface area contributed by atoms with Gasteiger partial charge in [0, 0.05) is 10.5 Å². The van der Waals surface area contributed by atoms with Crippen molar-refractivity contribution in [3.05, 3.63) is 58.6 Å². The molecule has 2 rings (SSSR count). The van der Waals surface area contributed by atoms with E-state index in [4.69, 9.17) is 11.5 Å². The molecule has 2 atom stereocenters. The molecule has 3 heteroatoms. The fourth-order valence-electron chi connectivity index (χ4n) is 1.70. The van der Waals surface area contributed by atoms with Crippen LogP contribution in [0.25, 0.3) is 0 Å². The number of allylic oxidation sites excluding steroid dienone is 2. The second-order valence-corrected chi connectivity index (χ2v) is 4.63. The predicted molar refractivity (Wildman–Crippen MR) is 66.3 cm³/mol. The number of benzene rings is 1. The summed E-state index contributed by atoms with van der Waals surface area (Å²) in [5, 5.41) is 0. The highest BCUT2D eigenvalue weighted by atomic mass is 79.9. The van der Waals surface area contributed by atoms with Gasteiger partial charge in [0.05, 0.1) is 5.54 Å². The van der Waals surface area contributed by atoms with Gasteiger partial charge in [-0.3, -0.25) is 0 Å². The van der Waals surface area contributed by atoms with Crippen molar-refractivity contribution in [2.24, 2.45) is 11.5 Å². The van der Waals surface area contributed by atoms with E-state index in [0.29, 0.717) is 0 Å². The van der Waals surface area contributed by atoms with Crippen molar-refractivity contribution in [1.29, 1.82) is 0 Å². The second-order valence-electron chi connectivity index (χ2n) is 3.71. The molecule has 2 nitrogen and oxygen atoms in total. The highest BCUT2D eigenvalue weighted by Gasteiger charge is 2.31. The van der Waals surface area contributed by atoms with Crippen LogP contribution in [0.4, 0.5) is 0 Å². The molecule has 0 aromatic heterocycles. The zero-order valence-electron chi connectivity index (χ0n) is 8.23. The molecular weight excluding hydrogens is 252 g/mol. The molecule has 0 amide bonds. The molecule has 15 heavy (non-hydrogen) atoms. The molecule has 0 saturated carbocycles. The number of nitrogens with two attached hydrogens (primary N) is 2. The van der Waals surface area contributed by atoms with Crippen LogP contribution in [0.3, 0.4) is 0 Å². The van der Waals surface area contributed by atoms with Crippen LogP contribution in [0.5, 0.6) is 0 Å². The zero-order valence-corrected chi connectivity index (χ0v) is 9.81. The minimum Gasteiger partial charge on any atom is -0.322 e. The lowest BCUT2D eigenvalue weighted by molar-refractivity contribution is 0.492. The Morgan fingerprint density at radius 1 is 1.13 bits per heavy atom. The lowest BCUT2D eigenvalue weighted by Gasteiger charge is -2.33. The Kier molecular flexibility index (Phi) is 2.78. The SMILES string of the molecule is NC1C=CC=CC1(N)c1ccc(Br)cc1. The molecule has 0 bridgehead atoms. The predicted octanol–water partition coefficient (Wildman–Crippen LogP) is 2.06. The molecule has 4 N–H and O–H groups in total. The van der Waals surface area contributed by atoms with Crippen molar-refractivity contribution in [3.8, 4) is 0 Å². The molecule has 2 unspecified atom stereocenters. The molecular formula is C12H13BrN2. The van der Waals surface area contributed by atoms with Gasteiger partial charge in [-0.2, -0.15) is 0 Å². The van der Waals surface area contributed by atoms with E-state index in [0.717, 1.165) is 10.0 Å². The van der Waals surface area contributed by atoms with E-state index in [9.17, 15) is 0 Å². The highest BCUT2D eigenvalue weighted by molar-refractivity contribution is 9.10. The third-order valence-corrected chi connectivity index (χ3v) is 3.23. The molecule has 0 spiro atoms. The van der Waals surface area contributed by atoms with E-state index in [-0.39, 0.29) is 6.04 Å². The van der Waals surface area contributed by atoms with Crippen molar-refractivity contribution >= 4 is 15.9 Å². The van der Waals surface area contributed by atoms with Crippen LogP contribution in [0.15, 0.2) is 53.0 Å². The average molecular weight is 265 g/mol. The van der Waals surface area contributed by atoms with Crippen molar-refractivity contribution in [3.63, 3.8) is 0 Å². The van der Waals surface area contributed by atoms with Crippen LogP contribution in [0.2, 0.25) is 0 Å². The highest BCUT2D eigenvalue weighted by Crippen LogP contribution is 2.27. The Hall–Kier alpha value is -0.900. The molecule has 0 saturated heterocycles. The average Bonchev–Trinajstić information content (AvgIpc) is 2.23. The molecule has 0 aliphatic heterocycles. The maximum absolute atomic E-state index is 6.30. The first kappa shape index (κ1) is 10.6. The topological polar surface area (TPSA) is 52.0 Å². The maximum Gasteiger partial charge on any atom is 0.0788 e. The lowest BCUT2D eigenvalue weighted by Crippen LogP contribution is -2.50. The van der Waals surface area contributed by atoms with Gasteiger partial charge in [-0.05, 0) is 17.7 Å². The molecule has 1 aromatic rings. The standard InChI is InChI=1S/C12H13BrN2/c13-10-6-4-9(5-7-10)12(15)8-2-1-3-11(12)14/h1-8,11H,14-15H2. The van der Waals surface area contributed by atoms with E-state index in [2.05, 4.69) is 15.9 Å². The van der Waals surface area contributed by atoms with Crippen molar-refractivity contribution in [2.75, 3.05) is 0 Å². The first-order chi connectivity index (χ1) is 7.13. The monoisotopic (exact) mass is 264 g/mol. The van der Waals surface area contributed by atoms with Crippen molar-refractivity contribution in [1.82, 2.24) is 0 Å². The molecule has 0 heterocycles. The fraction of sp³-hybridized carbons (Fsp3) is 0.167. The van der Waals surface area contributed by atoms with E-state index in [1.54, 1.807) is 0 Å². The molecule has 1 aliphatic carbocycles. The van der Waals surface area contributed by atoms with Crippen LogP contribution in [0.1, 0.15) is 5.56 Å². The van der Waals surface area contributed by atoms with Crippen LogP contribution in [-0.4, -0.2) is 6.04 Å². The van der Waals surface area contributed by atoms with Gasteiger partial charge in [-0.1, -0.05) is 52.4 Å². The van der Waals surface area contributed by atoms with Gasteiger partial charge in [0.1, 0.15) is 0 Å². The summed E-state index contributed by atoms with van der Waals surface area (Å²) >= 11 is 3.40. The Morgan fingerprint density at radius 2 is 1.80 bits per heavy atom. The fourth-order valence-corrected chi connectivity index (χ4v) is 1.96. The van der Waals surface area contributed by atoms with E-state index in [1.807, 2.05) is 48.6 Å². The molecule has 1 aliphatic rings. The summed E-state index contributed by atoms with van der Waals surface area (Å²) in [5.41, 5.74) is 12.7. The Balaban J connectivity index is 2.41. The maximum atomic E-state index is 6.30. The lowest BCUT2D eigenvalue weighted by atomic mass is 9.81. The van der Waals surface area contributed by atoms with Crippen LogP contribution in [-0.2, 0) is 5.54 Å². The number of rotatable bonds is 1. The third kappa shape index (κ3) is 1.91. The van der Waals surface area contributed by atoms with E-state index in [1.165, 1.54) is 0 Å². The van der Waals surface area contributed by atoms with Crippen molar-refractivity contribution < 1.29 is 0 Å². The first-order valence-electron chi connectivity index (χ1n) is 4.79. The molecule has 1 aromatic carbocycles. The summed E-state index contributed by atoms with van der Waals surface area (Å²) in [7, 11) is 0. The largest absolute Gasteiger partial charge is 0.322 e. The minimum absolute atomic E-state index is 0.177. The number of hydrogen-bond acceptors (Lipinski definition) is 2. The van der Waals surface area contributed by atoms with E-state index < -0.39 is 5.54 Å². The summed E-state index contributed by atoms with van der Waals surface area (Å²) in [6.07, 6.45) is 7.73. The van der Waals surface area contributed by atoms with Gasteiger partial charge in [-0.15, -0.1) is 0 Å². The first-order valence-corrected chi connectivity index (χ1v) is 5.59. The zero-order chi connectivity index (χ0) is 10.9. The summed E-state index contributed by atoms with van der Waals surface area (Å²) in [6, 6.07) is 7.76. The normalized spacial score (nSPS) is 29.4.